The van der Waals surface area contributed by atoms with Crippen molar-refractivity contribution in [3.8, 4) is 22.9 Å². The van der Waals surface area contributed by atoms with Gasteiger partial charge in [0, 0.05) is 74.6 Å². The molecule has 0 radical (unpaired) electrons. The number of nitrogens with zero attached hydrogens (tertiary/aromatic N) is 10. The number of likely N-dealkylation sites (N-methyl/N-ethyl adjacent to an activating group) is 2. The van der Waals surface area contributed by atoms with Crippen molar-refractivity contribution >= 4 is 44.2 Å². The molecule has 8 rings (SSSR count). The van der Waals surface area contributed by atoms with Gasteiger partial charge in [-0.3, -0.25) is 8.61 Å². The van der Waals surface area contributed by atoms with Crippen LogP contribution in [0.4, 0.5) is 37.7 Å². The van der Waals surface area contributed by atoms with Crippen LogP contribution in [-0.4, -0.2) is 122 Å². The number of aromatic nitrogens is 4. The van der Waals surface area contributed by atoms with Crippen molar-refractivity contribution in [3.05, 3.63) is 132 Å². The minimum Gasteiger partial charge on any atom is -0.415 e. The summed E-state index contributed by atoms with van der Waals surface area (Å²) in [5, 5.41) is 13.5. The van der Waals surface area contributed by atoms with Crippen LogP contribution in [0.25, 0.3) is 22.9 Å². The summed E-state index contributed by atoms with van der Waals surface area (Å²) >= 11 is 0. The van der Waals surface area contributed by atoms with Crippen molar-refractivity contribution < 1.29 is 52.0 Å². The average molecular weight is 999 g/mol. The molecule has 67 heavy (non-hydrogen) atoms. The zero-order chi connectivity index (χ0) is 47.2. The highest BCUT2D eigenvalue weighted by Gasteiger charge is 2.34. The van der Waals surface area contributed by atoms with Crippen molar-refractivity contribution in [1.29, 1.82) is 0 Å². The molecular formula is C42H45ClF6N10O6S2. The van der Waals surface area contributed by atoms with Crippen LogP contribution >= 0.6 is 12.4 Å². The molecule has 0 amide bonds. The lowest BCUT2D eigenvalue weighted by atomic mass is 10.1. The standard InChI is InChI=1S/2C21H22F3N5O3S.ClH/c2*1-27-9-11-28(12-10-27)33(30,31)29(17-5-3-2-4-6-17)14-16-8-7-15(13-18(16)22)20-25-26-21(32-20)19(23)24;/h2*2-8,13,19H,9-12,14H2,1H3;1H. The maximum atomic E-state index is 15.0. The van der Waals surface area contributed by atoms with Gasteiger partial charge in [0.15, 0.2) is 0 Å². The molecule has 0 N–H and O–H groups in total. The zero-order valence-corrected chi connectivity index (χ0v) is 38.3. The van der Waals surface area contributed by atoms with E-state index in [0.29, 0.717) is 63.7 Å². The van der Waals surface area contributed by atoms with Crippen molar-refractivity contribution in [2.75, 3.05) is 75.1 Å². The number of anilines is 2. The number of piperazine rings is 2. The van der Waals surface area contributed by atoms with Gasteiger partial charge in [-0.1, -0.05) is 48.5 Å². The van der Waals surface area contributed by atoms with Crippen LogP contribution in [0, 0.1) is 11.6 Å². The van der Waals surface area contributed by atoms with Crippen molar-refractivity contribution in [2.45, 2.75) is 25.9 Å². The Morgan fingerprint density at radius 1 is 0.537 bits per heavy atom. The molecule has 16 nitrogen and oxygen atoms in total. The van der Waals surface area contributed by atoms with Gasteiger partial charge in [0.1, 0.15) is 11.6 Å². The largest absolute Gasteiger partial charge is 0.415 e. The first-order chi connectivity index (χ1) is 31.5. The minimum atomic E-state index is -3.93. The lowest BCUT2D eigenvalue weighted by Crippen LogP contribution is -2.52. The smallest absolute Gasteiger partial charge is 0.314 e. The number of alkyl halides is 4. The summed E-state index contributed by atoms with van der Waals surface area (Å²) in [4.78, 5) is 4.07. The summed E-state index contributed by atoms with van der Waals surface area (Å²) in [6.45, 7) is 3.17. The second kappa shape index (κ2) is 22.0. The molecule has 0 spiro atoms. The van der Waals surface area contributed by atoms with Gasteiger partial charge < -0.3 is 18.6 Å². The summed E-state index contributed by atoms with van der Waals surface area (Å²) in [6.07, 6.45) is -5.87. The SMILES string of the molecule is CN1CCN(S(=O)(=O)N(Cc2ccc(-c3nnc(C(F)F)o3)cc2F)c2ccccc2)CC1.CN1CCN(S(=O)(=O)N(Cc2ccc(-c3nnc(C(F)F)o3)cc2F)c2ccccc2)CC1.Cl. The van der Waals surface area contributed by atoms with Crippen molar-refractivity contribution in [3.63, 3.8) is 0 Å². The second-order valence-electron chi connectivity index (χ2n) is 15.2. The number of rotatable bonds is 14. The van der Waals surface area contributed by atoms with E-state index in [0.717, 1.165) is 20.7 Å². The quantitative estimate of drug-likeness (QED) is 0.102. The molecule has 2 aliphatic heterocycles. The molecule has 6 aromatic rings. The fourth-order valence-corrected chi connectivity index (χ4v) is 10.1. The minimum absolute atomic E-state index is 0. The molecular weight excluding hydrogens is 954 g/mol. The maximum Gasteiger partial charge on any atom is 0.314 e. The van der Waals surface area contributed by atoms with E-state index < -0.39 is 56.7 Å². The first-order valence-electron chi connectivity index (χ1n) is 20.3. The van der Waals surface area contributed by atoms with Crippen LogP contribution in [0.1, 0.15) is 35.8 Å². The van der Waals surface area contributed by atoms with Gasteiger partial charge in [-0.05, 0) is 62.6 Å². The molecule has 2 saturated heterocycles. The highest BCUT2D eigenvalue weighted by atomic mass is 35.5. The molecule has 4 heterocycles. The van der Waals surface area contributed by atoms with E-state index in [9.17, 15) is 43.2 Å². The molecule has 0 saturated carbocycles. The molecule has 2 aromatic heterocycles. The van der Waals surface area contributed by atoms with Gasteiger partial charge in [0.05, 0.1) is 24.5 Å². The van der Waals surface area contributed by atoms with Crippen LogP contribution in [-0.2, 0) is 33.5 Å². The number of halogens is 7. The molecule has 4 aromatic carbocycles. The van der Waals surface area contributed by atoms with Crippen LogP contribution in [0.2, 0.25) is 0 Å². The first-order valence-corrected chi connectivity index (χ1v) is 23.1. The summed E-state index contributed by atoms with van der Waals surface area (Å²) in [7, 11) is -4.03. The third-order valence-corrected chi connectivity index (χ3v) is 14.5. The topological polar surface area (TPSA) is 166 Å². The summed E-state index contributed by atoms with van der Waals surface area (Å²) < 4.78 is 149. The van der Waals surface area contributed by atoms with Gasteiger partial charge >= 0.3 is 33.3 Å². The van der Waals surface area contributed by atoms with E-state index >= 15 is 0 Å². The maximum absolute atomic E-state index is 15.0. The van der Waals surface area contributed by atoms with E-state index in [1.807, 2.05) is 23.9 Å². The molecule has 2 aliphatic rings. The number of hydrogen-bond donors (Lipinski definition) is 0. The molecule has 25 heteroatoms. The molecule has 2 fully saturated rings. The second-order valence-corrected chi connectivity index (χ2v) is 18.9. The summed E-state index contributed by atoms with van der Waals surface area (Å²) in [5.41, 5.74) is 1.24. The Bertz CT molecular complexity index is 2590. The van der Waals surface area contributed by atoms with Crippen molar-refractivity contribution in [1.82, 2.24) is 38.8 Å². The third-order valence-electron chi connectivity index (χ3n) is 10.7. The molecule has 0 atom stereocenters. The summed E-state index contributed by atoms with van der Waals surface area (Å²) in [5.74, 6) is -3.66. The molecule has 0 aliphatic carbocycles. The van der Waals surface area contributed by atoms with E-state index in [1.165, 1.54) is 32.9 Å². The summed E-state index contributed by atoms with van der Waals surface area (Å²) in [6, 6.07) is 24.6. The number of para-hydroxylation sites is 2. The van der Waals surface area contributed by atoms with Gasteiger partial charge in [0.25, 0.3) is 11.8 Å². The fourth-order valence-electron chi connectivity index (χ4n) is 6.92. The van der Waals surface area contributed by atoms with Gasteiger partial charge in [-0.15, -0.1) is 32.8 Å². The van der Waals surface area contributed by atoms with Crippen LogP contribution < -0.4 is 8.61 Å². The van der Waals surface area contributed by atoms with E-state index in [4.69, 9.17) is 8.83 Å². The Hall–Kier alpha value is -5.63. The predicted octanol–water partition coefficient (Wildman–Crippen LogP) is 7.05. The monoisotopic (exact) mass is 998 g/mol. The Balaban J connectivity index is 0.000000218. The average Bonchev–Trinajstić information content (AvgIpc) is 4.02. The van der Waals surface area contributed by atoms with Crippen molar-refractivity contribution in [2.24, 2.45) is 0 Å². The van der Waals surface area contributed by atoms with Gasteiger partial charge in [-0.2, -0.15) is 43.0 Å². The van der Waals surface area contributed by atoms with Crippen LogP contribution in [0.3, 0.4) is 0 Å². The molecule has 0 unspecified atom stereocenters. The normalized spacial score (nSPS) is 15.6. The Morgan fingerprint density at radius 2 is 0.881 bits per heavy atom. The molecule has 0 bridgehead atoms. The number of hydrogen-bond acceptors (Lipinski definition) is 12. The fraction of sp³-hybridized carbons (Fsp3) is 0.333. The van der Waals surface area contributed by atoms with E-state index in [1.54, 1.807) is 60.7 Å². The van der Waals surface area contributed by atoms with Gasteiger partial charge in [0.2, 0.25) is 11.8 Å². The first kappa shape index (κ1) is 50.8. The predicted molar refractivity (Wildman–Crippen MR) is 238 cm³/mol. The van der Waals surface area contributed by atoms with E-state index in [-0.39, 0.29) is 59.5 Å². The lowest BCUT2D eigenvalue weighted by Gasteiger charge is -2.36. The zero-order valence-electron chi connectivity index (χ0n) is 35.9. The number of benzene rings is 4. The van der Waals surface area contributed by atoms with Crippen LogP contribution in [0.5, 0.6) is 0 Å². The highest BCUT2D eigenvalue weighted by molar-refractivity contribution is 7.90. The third kappa shape index (κ3) is 12.1. The Kier molecular flexibility index (Phi) is 16.7. The highest BCUT2D eigenvalue weighted by Crippen LogP contribution is 2.30. The lowest BCUT2D eigenvalue weighted by molar-refractivity contribution is 0.115. The van der Waals surface area contributed by atoms with Crippen LogP contribution in [0.15, 0.2) is 106 Å². The molecule has 360 valence electrons. The Morgan fingerprint density at radius 3 is 1.18 bits per heavy atom. The Labute approximate surface area is 389 Å². The van der Waals surface area contributed by atoms with Gasteiger partial charge in [-0.25, -0.2) is 8.78 Å². The van der Waals surface area contributed by atoms with E-state index in [2.05, 4.69) is 20.4 Å².